The summed E-state index contributed by atoms with van der Waals surface area (Å²) in [6.07, 6.45) is 1.41. The van der Waals surface area contributed by atoms with Gasteiger partial charge in [-0.3, -0.25) is 9.36 Å². The van der Waals surface area contributed by atoms with Gasteiger partial charge in [0.1, 0.15) is 5.82 Å². The number of hydrogen-bond acceptors (Lipinski definition) is 5. The second-order valence-corrected chi connectivity index (χ2v) is 9.33. The highest BCUT2D eigenvalue weighted by atomic mass is 16.4. The molecule has 4 aromatic rings. The summed E-state index contributed by atoms with van der Waals surface area (Å²) < 4.78 is 1.38. The van der Waals surface area contributed by atoms with Crippen LogP contribution in [-0.4, -0.2) is 26.7 Å². The smallest absolute Gasteiger partial charge is 0.350 e. The molecule has 1 aromatic heterocycles. The van der Waals surface area contributed by atoms with Crippen LogP contribution in [0.4, 0.5) is 16.3 Å². The van der Waals surface area contributed by atoms with Gasteiger partial charge < -0.3 is 21.1 Å². The third-order valence-electron chi connectivity index (χ3n) is 6.27. The van der Waals surface area contributed by atoms with Crippen molar-refractivity contribution in [2.45, 2.75) is 39.4 Å². The minimum atomic E-state index is -1.00. The van der Waals surface area contributed by atoms with Gasteiger partial charge in [-0.05, 0) is 42.7 Å². The predicted molar refractivity (Wildman–Crippen MR) is 151 cm³/mol. The minimum absolute atomic E-state index is 0.235. The first kappa shape index (κ1) is 27.1. The van der Waals surface area contributed by atoms with E-state index in [0.29, 0.717) is 30.2 Å². The van der Waals surface area contributed by atoms with Crippen molar-refractivity contribution in [3.8, 4) is 0 Å². The van der Waals surface area contributed by atoms with Crippen molar-refractivity contribution >= 4 is 23.5 Å². The van der Waals surface area contributed by atoms with Crippen LogP contribution in [0.1, 0.15) is 40.3 Å². The molecule has 0 saturated heterocycles. The average molecular weight is 526 g/mol. The van der Waals surface area contributed by atoms with Gasteiger partial charge in [-0.15, -0.1) is 0 Å². The van der Waals surface area contributed by atoms with Crippen LogP contribution in [0.15, 0.2) is 89.9 Å². The van der Waals surface area contributed by atoms with Crippen LogP contribution >= 0.6 is 0 Å². The van der Waals surface area contributed by atoms with Crippen LogP contribution < -0.4 is 21.6 Å². The molecule has 0 radical (unpaired) electrons. The van der Waals surface area contributed by atoms with Crippen molar-refractivity contribution in [2.75, 3.05) is 10.6 Å². The Morgan fingerprint density at radius 3 is 2.23 bits per heavy atom. The number of nitrogens with zero attached hydrogens (tertiary/aromatic N) is 2. The number of urea groups is 1. The minimum Gasteiger partial charge on any atom is -0.481 e. The Kier molecular flexibility index (Phi) is 8.73. The van der Waals surface area contributed by atoms with Crippen molar-refractivity contribution in [3.63, 3.8) is 0 Å². The zero-order valence-corrected chi connectivity index (χ0v) is 21.8. The molecule has 9 nitrogen and oxygen atoms in total. The maximum atomic E-state index is 12.9. The Bertz CT molecular complexity index is 1480. The lowest BCUT2D eigenvalue weighted by molar-refractivity contribution is -0.137. The SMILES string of the molecule is Cc1ccc(C(CC(=O)O)n2cc(C)c(NCc3ccc(NC(=O)NCc4ccccc4)cc3)nc2=O)cc1. The van der Waals surface area contributed by atoms with Crippen molar-refractivity contribution < 1.29 is 14.7 Å². The Balaban J connectivity index is 1.38. The first-order valence-corrected chi connectivity index (χ1v) is 12.6. The number of aryl methyl sites for hydroxylation is 2. The summed E-state index contributed by atoms with van der Waals surface area (Å²) in [6, 6.07) is 23.5. The van der Waals surface area contributed by atoms with E-state index >= 15 is 0 Å². The number of aromatic nitrogens is 2. The van der Waals surface area contributed by atoms with Gasteiger partial charge >= 0.3 is 17.7 Å². The van der Waals surface area contributed by atoms with Crippen molar-refractivity contribution in [3.05, 3.63) is 123 Å². The number of carboxylic acids is 1. The van der Waals surface area contributed by atoms with Gasteiger partial charge in [-0.1, -0.05) is 72.3 Å². The number of carbonyl (C=O) groups is 2. The first-order chi connectivity index (χ1) is 18.8. The van der Waals surface area contributed by atoms with E-state index in [1.54, 1.807) is 18.3 Å². The molecule has 2 amide bonds. The van der Waals surface area contributed by atoms with Crippen molar-refractivity contribution in [2.24, 2.45) is 0 Å². The zero-order chi connectivity index (χ0) is 27.8. The number of anilines is 2. The molecular formula is C30H31N5O4. The maximum absolute atomic E-state index is 12.9. The lowest BCUT2D eigenvalue weighted by Gasteiger charge is -2.20. The van der Waals surface area contributed by atoms with E-state index in [4.69, 9.17) is 0 Å². The number of benzene rings is 3. The standard InChI is InChI=1S/C30H31N5O4/c1-20-8-12-24(13-9-20)26(16-27(36)37)35-19-21(2)28(34-30(35)39)31-17-23-10-14-25(15-11-23)33-29(38)32-18-22-6-4-3-5-7-22/h3-15,19,26H,16-18H2,1-2H3,(H,36,37)(H,31,34,39)(H2,32,33,38). The quantitative estimate of drug-likeness (QED) is 0.234. The van der Waals surface area contributed by atoms with E-state index in [1.807, 2.05) is 80.6 Å². The number of carbonyl (C=O) groups excluding carboxylic acids is 1. The maximum Gasteiger partial charge on any atom is 0.350 e. The Labute approximate surface area is 226 Å². The molecular weight excluding hydrogens is 494 g/mol. The van der Waals surface area contributed by atoms with E-state index in [1.165, 1.54) is 4.57 Å². The number of nitrogens with one attached hydrogen (secondary N) is 3. The molecule has 0 saturated carbocycles. The zero-order valence-electron chi connectivity index (χ0n) is 21.8. The molecule has 0 fully saturated rings. The third-order valence-corrected chi connectivity index (χ3v) is 6.27. The molecule has 39 heavy (non-hydrogen) atoms. The topological polar surface area (TPSA) is 125 Å². The summed E-state index contributed by atoms with van der Waals surface area (Å²) >= 11 is 0. The van der Waals surface area contributed by atoms with Crippen molar-refractivity contribution in [1.29, 1.82) is 0 Å². The molecule has 4 rings (SSSR count). The molecule has 0 aliphatic carbocycles. The molecule has 4 N–H and O–H groups in total. The molecule has 1 atom stereocenters. The number of amides is 2. The molecule has 0 bridgehead atoms. The summed E-state index contributed by atoms with van der Waals surface area (Å²) in [6.45, 7) is 4.61. The molecule has 200 valence electrons. The van der Waals surface area contributed by atoms with Crippen molar-refractivity contribution in [1.82, 2.24) is 14.9 Å². The van der Waals surface area contributed by atoms with Gasteiger partial charge in [0.05, 0.1) is 12.5 Å². The number of carboxylic acid groups (broad SMARTS) is 1. The Hall–Kier alpha value is -4.92. The number of hydrogen-bond donors (Lipinski definition) is 4. The van der Waals surface area contributed by atoms with Gasteiger partial charge in [-0.25, -0.2) is 9.59 Å². The van der Waals surface area contributed by atoms with Crippen LogP contribution in [0.5, 0.6) is 0 Å². The van der Waals surface area contributed by atoms with Crippen LogP contribution in [-0.2, 0) is 17.9 Å². The third kappa shape index (κ3) is 7.54. The molecule has 1 heterocycles. The highest BCUT2D eigenvalue weighted by Crippen LogP contribution is 2.23. The summed E-state index contributed by atoms with van der Waals surface area (Å²) in [5, 5.41) is 18.3. The highest BCUT2D eigenvalue weighted by molar-refractivity contribution is 5.89. The van der Waals surface area contributed by atoms with E-state index in [0.717, 1.165) is 22.3 Å². The molecule has 1 unspecified atom stereocenters. The second-order valence-electron chi connectivity index (χ2n) is 9.33. The fourth-order valence-corrected chi connectivity index (χ4v) is 4.14. The number of aliphatic carboxylic acids is 1. The van der Waals surface area contributed by atoms with Gasteiger partial charge in [0.25, 0.3) is 0 Å². The summed E-state index contributed by atoms with van der Waals surface area (Å²) in [5.74, 6) is -0.573. The fraction of sp³-hybridized carbons (Fsp3) is 0.200. The monoisotopic (exact) mass is 525 g/mol. The molecule has 9 heteroatoms. The van der Waals surface area contributed by atoms with Gasteiger partial charge in [0.2, 0.25) is 0 Å². The summed E-state index contributed by atoms with van der Waals surface area (Å²) in [4.78, 5) is 40.9. The Morgan fingerprint density at radius 1 is 0.897 bits per heavy atom. The predicted octanol–water partition coefficient (Wildman–Crippen LogP) is 4.86. The molecule has 0 aliphatic rings. The van der Waals surface area contributed by atoms with Gasteiger partial charge in [0, 0.05) is 30.5 Å². The van der Waals surface area contributed by atoms with E-state index in [2.05, 4.69) is 20.9 Å². The number of rotatable bonds is 10. The Morgan fingerprint density at radius 2 is 1.56 bits per heavy atom. The van der Waals surface area contributed by atoms with E-state index < -0.39 is 17.7 Å². The van der Waals surface area contributed by atoms with Gasteiger partial charge in [0.15, 0.2) is 0 Å². The van der Waals surface area contributed by atoms with E-state index in [-0.39, 0.29) is 12.5 Å². The molecule has 0 spiro atoms. The van der Waals surface area contributed by atoms with E-state index in [9.17, 15) is 19.5 Å². The van der Waals surface area contributed by atoms with Crippen LogP contribution in [0.2, 0.25) is 0 Å². The summed E-state index contributed by atoms with van der Waals surface area (Å²) in [5.41, 5.74) is 4.55. The lowest BCUT2D eigenvalue weighted by Crippen LogP contribution is -2.30. The van der Waals surface area contributed by atoms with Crippen LogP contribution in [0.25, 0.3) is 0 Å². The normalized spacial score (nSPS) is 11.4. The average Bonchev–Trinajstić information content (AvgIpc) is 2.93. The van der Waals surface area contributed by atoms with Gasteiger partial charge in [-0.2, -0.15) is 4.98 Å². The van der Waals surface area contributed by atoms with Crippen LogP contribution in [0.3, 0.4) is 0 Å². The molecule has 3 aromatic carbocycles. The first-order valence-electron chi connectivity index (χ1n) is 12.6. The second kappa shape index (κ2) is 12.6. The highest BCUT2D eigenvalue weighted by Gasteiger charge is 2.20. The largest absolute Gasteiger partial charge is 0.481 e. The van der Waals surface area contributed by atoms with Crippen LogP contribution in [0, 0.1) is 13.8 Å². The lowest BCUT2D eigenvalue weighted by atomic mass is 10.0. The fourth-order valence-electron chi connectivity index (χ4n) is 4.14. The molecule has 0 aliphatic heterocycles. The summed E-state index contributed by atoms with van der Waals surface area (Å²) in [7, 11) is 0.